The summed E-state index contributed by atoms with van der Waals surface area (Å²) < 4.78 is 2.30. The van der Waals surface area contributed by atoms with Gasteiger partial charge in [0.2, 0.25) is 5.91 Å². The van der Waals surface area contributed by atoms with E-state index >= 15 is 0 Å². The van der Waals surface area contributed by atoms with Crippen molar-refractivity contribution in [3.8, 4) is 5.69 Å². The molecule has 0 aliphatic carbocycles. The van der Waals surface area contributed by atoms with Gasteiger partial charge >= 0.3 is 0 Å². The highest BCUT2D eigenvalue weighted by Crippen LogP contribution is 2.44. The van der Waals surface area contributed by atoms with Crippen molar-refractivity contribution in [1.29, 1.82) is 0 Å². The van der Waals surface area contributed by atoms with Crippen LogP contribution in [0.3, 0.4) is 0 Å². The highest BCUT2D eigenvalue weighted by atomic mass is 32.1. The lowest BCUT2D eigenvalue weighted by molar-refractivity contribution is -0.114. The van der Waals surface area contributed by atoms with Crippen LogP contribution in [0.15, 0.2) is 79.0 Å². The summed E-state index contributed by atoms with van der Waals surface area (Å²) in [7, 11) is 4.09. The second-order valence-electron chi connectivity index (χ2n) is 9.80. The quantitative estimate of drug-likeness (QED) is 0.316. The van der Waals surface area contributed by atoms with Gasteiger partial charge in [0, 0.05) is 61.4 Å². The van der Waals surface area contributed by atoms with Crippen molar-refractivity contribution in [2.24, 2.45) is 0 Å². The first kappa shape index (κ1) is 25.5. The molecule has 0 radical (unpaired) electrons. The summed E-state index contributed by atoms with van der Waals surface area (Å²) in [5.74, 6) is -0.102. The monoisotopic (exact) mass is 524 g/mol. The summed E-state index contributed by atoms with van der Waals surface area (Å²) in [6.07, 6.45) is 1.82. The summed E-state index contributed by atoms with van der Waals surface area (Å²) in [4.78, 5) is 20.5. The van der Waals surface area contributed by atoms with E-state index in [0.29, 0.717) is 5.11 Å². The maximum atomic E-state index is 11.5. The molecule has 0 saturated carbocycles. The lowest BCUT2D eigenvalue weighted by Crippen LogP contribution is -2.29. The third-order valence-corrected chi connectivity index (χ3v) is 7.29. The molecule has 0 bridgehead atoms. The van der Waals surface area contributed by atoms with Crippen LogP contribution in [-0.2, 0) is 4.79 Å². The van der Waals surface area contributed by atoms with Gasteiger partial charge in [0.1, 0.15) is 0 Å². The van der Waals surface area contributed by atoms with E-state index < -0.39 is 0 Å². The molecule has 38 heavy (non-hydrogen) atoms. The number of rotatable bonds is 6. The lowest BCUT2D eigenvalue weighted by atomic mass is 9.96. The molecule has 2 aromatic heterocycles. The number of benzene rings is 2. The zero-order chi connectivity index (χ0) is 27.0. The molecule has 7 nitrogen and oxygen atoms in total. The molecule has 194 valence electrons. The van der Waals surface area contributed by atoms with Crippen molar-refractivity contribution in [1.82, 2.24) is 14.9 Å². The molecular formula is C30H32N6OS. The molecule has 8 heteroatoms. The zero-order valence-electron chi connectivity index (χ0n) is 22.3. The van der Waals surface area contributed by atoms with E-state index in [2.05, 4.69) is 74.2 Å². The molecule has 2 aromatic carbocycles. The van der Waals surface area contributed by atoms with E-state index in [0.717, 1.165) is 39.8 Å². The Morgan fingerprint density at radius 1 is 1.00 bits per heavy atom. The van der Waals surface area contributed by atoms with E-state index in [1.54, 1.807) is 0 Å². The number of aryl methyl sites for hydroxylation is 1. The molecular weight excluding hydrogens is 492 g/mol. The van der Waals surface area contributed by atoms with E-state index in [-0.39, 0.29) is 18.0 Å². The second kappa shape index (κ2) is 10.3. The number of hydrogen-bond acceptors (Lipinski definition) is 4. The predicted molar refractivity (Wildman–Crippen MR) is 158 cm³/mol. The van der Waals surface area contributed by atoms with Gasteiger partial charge in [0.15, 0.2) is 5.11 Å². The Morgan fingerprint density at radius 2 is 1.68 bits per heavy atom. The van der Waals surface area contributed by atoms with Gasteiger partial charge in [-0.3, -0.25) is 9.78 Å². The van der Waals surface area contributed by atoms with Crippen molar-refractivity contribution in [3.63, 3.8) is 0 Å². The average molecular weight is 525 g/mol. The van der Waals surface area contributed by atoms with Gasteiger partial charge in [-0.2, -0.15) is 0 Å². The minimum atomic E-state index is -0.135. The number of anilines is 3. The molecule has 1 fully saturated rings. The van der Waals surface area contributed by atoms with Crippen LogP contribution in [0.4, 0.5) is 17.1 Å². The highest BCUT2D eigenvalue weighted by molar-refractivity contribution is 7.80. The van der Waals surface area contributed by atoms with E-state index in [9.17, 15) is 4.79 Å². The third-order valence-electron chi connectivity index (χ3n) is 6.98. The summed E-state index contributed by atoms with van der Waals surface area (Å²) >= 11 is 5.90. The van der Waals surface area contributed by atoms with Gasteiger partial charge in [-0.25, -0.2) is 0 Å². The molecule has 1 aliphatic rings. The first-order chi connectivity index (χ1) is 18.2. The fourth-order valence-corrected chi connectivity index (χ4v) is 5.59. The SMILES string of the molecule is CC(=O)Nc1ccc(N2C(=S)N[C@H](c3ccccn3)[C@@H]2c2cc(C)n(-c3ccc(N(C)C)cc3)c2C)cc1. The predicted octanol–water partition coefficient (Wildman–Crippen LogP) is 5.69. The Bertz CT molecular complexity index is 1460. The minimum Gasteiger partial charge on any atom is -0.378 e. The van der Waals surface area contributed by atoms with Crippen LogP contribution in [0.2, 0.25) is 0 Å². The van der Waals surface area contributed by atoms with Gasteiger partial charge in [0.05, 0.1) is 17.8 Å². The molecule has 0 unspecified atom stereocenters. The maximum Gasteiger partial charge on any atom is 0.221 e. The Hall–Kier alpha value is -4.17. The number of nitrogens with one attached hydrogen (secondary N) is 2. The number of nitrogens with zero attached hydrogens (tertiary/aromatic N) is 4. The van der Waals surface area contributed by atoms with Crippen molar-refractivity contribution in [2.75, 3.05) is 29.2 Å². The standard InChI is InChI=1S/C30H32N6OS/c1-19-18-26(20(2)35(19)24-15-13-23(14-16-24)34(4)5)29-28(27-8-6-7-17-31-27)33-30(38)36(29)25-11-9-22(10-12-25)32-21(3)37/h6-18,28-29H,1-5H3,(H,32,37)(H,33,38)/t28-,29+/m1/s1. The number of pyridine rings is 1. The van der Waals surface area contributed by atoms with Gasteiger partial charge in [0.25, 0.3) is 0 Å². The highest BCUT2D eigenvalue weighted by Gasteiger charge is 2.42. The molecule has 2 atom stereocenters. The Morgan fingerprint density at radius 3 is 2.29 bits per heavy atom. The molecule has 2 N–H and O–H groups in total. The fourth-order valence-electron chi connectivity index (χ4n) is 5.24. The molecule has 1 aliphatic heterocycles. The Kier molecular flexibility index (Phi) is 6.91. The van der Waals surface area contributed by atoms with Crippen LogP contribution in [-0.4, -0.2) is 34.7 Å². The molecule has 1 saturated heterocycles. The largest absolute Gasteiger partial charge is 0.378 e. The normalized spacial score (nSPS) is 16.9. The van der Waals surface area contributed by atoms with Crippen LogP contribution >= 0.6 is 12.2 Å². The number of aromatic nitrogens is 2. The van der Waals surface area contributed by atoms with Crippen molar-refractivity contribution in [2.45, 2.75) is 32.9 Å². The molecule has 3 heterocycles. The van der Waals surface area contributed by atoms with Crippen molar-refractivity contribution >= 4 is 40.3 Å². The lowest BCUT2D eigenvalue weighted by Gasteiger charge is -2.28. The first-order valence-corrected chi connectivity index (χ1v) is 13.0. The first-order valence-electron chi connectivity index (χ1n) is 12.6. The zero-order valence-corrected chi connectivity index (χ0v) is 23.1. The van der Waals surface area contributed by atoms with Crippen LogP contribution in [0.5, 0.6) is 0 Å². The Labute approximate surface area is 229 Å². The number of amides is 1. The van der Waals surface area contributed by atoms with Crippen LogP contribution in [0.1, 0.15) is 41.7 Å². The number of thiocarbonyl (C=S) groups is 1. The number of hydrogen-bond donors (Lipinski definition) is 2. The van der Waals surface area contributed by atoms with Crippen molar-refractivity contribution < 1.29 is 4.79 Å². The second-order valence-corrected chi connectivity index (χ2v) is 10.2. The van der Waals surface area contributed by atoms with Gasteiger partial charge in [-0.05, 0) is 98.4 Å². The minimum absolute atomic E-state index is 0.102. The van der Waals surface area contributed by atoms with Gasteiger partial charge in [-0.15, -0.1) is 0 Å². The van der Waals surface area contributed by atoms with Gasteiger partial charge in [-0.1, -0.05) is 6.07 Å². The summed E-state index contributed by atoms with van der Waals surface area (Å²) in [6.45, 7) is 5.81. The van der Waals surface area contributed by atoms with E-state index in [4.69, 9.17) is 12.2 Å². The average Bonchev–Trinajstić information content (AvgIpc) is 3.39. The van der Waals surface area contributed by atoms with E-state index in [1.165, 1.54) is 12.5 Å². The Balaban J connectivity index is 1.61. The molecule has 0 spiro atoms. The summed E-state index contributed by atoms with van der Waals surface area (Å²) in [5, 5.41) is 7.02. The third kappa shape index (κ3) is 4.75. The van der Waals surface area contributed by atoms with Crippen LogP contribution in [0, 0.1) is 13.8 Å². The summed E-state index contributed by atoms with van der Waals surface area (Å²) in [6, 6.07) is 24.3. The van der Waals surface area contributed by atoms with Gasteiger partial charge < -0.3 is 25.0 Å². The smallest absolute Gasteiger partial charge is 0.221 e. The van der Waals surface area contributed by atoms with Crippen LogP contribution < -0.4 is 20.4 Å². The van der Waals surface area contributed by atoms with Crippen LogP contribution in [0.25, 0.3) is 5.69 Å². The fraction of sp³-hybridized carbons (Fsp3) is 0.233. The van der Waals surface area contributed by atoms with Crippen molar-refractivity contribution in [3.05, 3.63) is 102 Å². The molecule has 5 rings (SSSR count). The summed E-state index contributed by atoms with van der Waals surface area (Å²) in [5.41, 5.74) is 8.37. The van der Waals surface area contributed by atoms with E-state index in [1.807, 2.05) is 62.8 Å². The number of carbonyl (C=O) groups is 1. The number of carbonyl (C=O) groups excluding carboxylic acids is 1. The molecule has 1 amide bonds. The topological polar surface area (TPSA) is 65.4 Å². The maximum absolute atomic E-state index is 11.5. The molecule has 4 aromatic rings.